The molecule has 0 saturated carbocycles. The van der Waals surface area contributed by atoms with Gasteiger partial charge < -0.3 is 15.2 Å². The van der Waals surface area contributed by atoms with E-state index in [0.29, 0.717) is 0 Å². The lowest BCUT2D eigenvalue weighted by molar-refractivity contribution is -0.396. The first-order chi connectivity index (χ1) is 9.40. The molecule has 2 rings (SSSR count). The summed E-state index contributed by atoms with van der Waals surface area (Å²) in [6, 6.07) is 0. The number of imidazole rings is 1. The van der Waals surface area contributed by atoms with Gasteiger partial charge in [0.2, 0.25) is 5.52 Å². The molecule has 0 unspecified atom stereocenters. The van der Waals surface area contributed by atoms with Crippen molar-refractivity contribution in [3.63, 3.8) is 0 Å². The molecule has 0 saturated heterocycles. The van der Waals surface area contributed by atoms with Crippen LogP contribution in [0.25, 0.3) is 11.2 Å². The Morgan fingerprint density at radius 3 is 2.50 bits per heavy atom. The summed E-state index contributed by atoms with van der Waals surface area (Å²) in [6.07, 6.45) is 0.234. The largest absolute Gasteiger partial charge is 0.437 e. The highest BCUT2D eigenvalue weighted by Crippen LogP contribution is 2.17. The molecule has 2 aromatic rings. The van der Waals surface area contributed by atoms with Gasteiger partial charge in [-0.15, -0.1) is 0 Å². The molecule has 0 aliphatic carbocycles. The van der Waals surface area contributed by atoms with E-state index in [1.165, 1.54) is 14.1 Å². The van der Waals surface area contributed by atoms with E-state index in [2.05, 4.69) is 4.98 Å². The fourth-order valence-corrected chi connectivity index (χ4v) is 2.02. The summed E-state index contributed by atoms with van der Waals surface area (Å²) in [5.41, 5.74) is -1.32. The van der Waals surface area contributed by atoms with Crippen molar-refractivity contribution in [2.24, 2.45) is 14.1 Å². The van der Waals surface area contributed by atoms with Gasteiger partial charge in [-0.3, -0.25) is 13.9 Å². The van der Waals surface area contributed by atoms with E-state index in [0.717, 1.165) is 13.7 Å². The number of aliphatic hydroxyl groups excluding tert-OH is 1. The van der Waals surface area contributed by atoms with Gasteiger partial charge in [-0.25, -0.2) is 9.36 Å². The third-order valence-electron chi connectivity index (χ3n) is 3.03. The van der Waals surface area contributed by atoms with Crippen molar-refractivity contribution in [3.8, 4) is 0 Å². The molecular formula is C10H13N5O5. The first-order valence-electron chi connectivity index (χ1n) is 5.81. The van der Waals surface area contributed by atoms with Crippen molar-refractivity contribution >= 4 is 17.1 Å². The van der Waals surface area contributed by atoms with Gasteiger partial charge in [0.25, 0.3) is 11.2 Å². The lowest BCUT2D eigenvalue weighted by Crippen LogP contribution is -2.37. The number of fused-ring (bicyclic) bond motifs is 1. The Bertz CT molecular complexity index is 799. The summed E-state index contributed by atoms with van der Waals surface area (Å²) in [6.45, 7) is -0.111. The van der Waals surface area contributed by atoms with Crippen LogP contribution in [0, 0.1) is 10.1 Å². The fourth-order valence-electron chi connectivity index (χ4n) is 2.02. The van der Waals surface area contributed by atoms with Gasteiger partial charge in [-0.1, -0.05) is 0 Å². The van der Waals surface area contributed by atoms with Crippen LogP contribution in [0.5, 0.6) is 0 Å². The van der Waals surface area contributed by atoms with Crippen LogP contribution >= 0.6 is 0 Å². The summed E-state index contributed by atoms with van der Waals surface area (Å²) in [4.78, 5) is 37.9. The third-order valence-corrected chi connectivity index (χ3v) is 3.03. The molecule has 0 aromatic carbocycles. The molecule has 0 atom stereocenters. The second kappa shape index (κ2) is 4.89. The molecule has 108 valence electrons. The van der Waals surface area contributed by atoms with Gasteiger partial charge in [0.05, 0.1) is 6.54 Å². The maximum atomic E-state index is 12.1. The minimum atomic E-state index is -0.721. The van der Waals surface area contributed by atoms with E-state index in [1.807, 2.05) is 0 Å². The van der Waals surface area contributed by atoms with Crippen molar-refractivity contribution in [1.82, 2.24) is 18.7 Å². The van der Waals surface area contributed by atoms with Gasteiger partial charge in [-0.2, -0.15) is 0 Å². The quantitative estimate of drug-likeness (QED) is 0.550. The second-order valence-corrected chi connectivity index (χ2v) is 4.28. The number of aryl methyl sites for hydroxylation is 2. The Kier molecular flexibility index (Phi) is 3.40. The number of aromatic nitrogens is 4. The van der Waals surface area contributed by atoms with Gasteiger partial charge in [0, 0.05) is 27.1 Å². The van der Waals surface area contributed by atoms with Gasteiger partial charge in [-0.05, 0) is 9.91 Å². The molecule has 0 amide bonds. The Labute approximate surface area is 111 Å². The highest BCUT2D eigenvalue weighted by Gasteiger charge is 2.27. The first-order valence-corrected chi connectivity index (χ1v) is 5.81. The molecule has 0 fully saturated rings. The summed E-state index contributed by atoms with van der Waals surface area (Å²) < 4.78 is 3.07. The number of nitrogens with zero attached hydrogens (tertiary/aromatic N) is 5. The maximum Gasteiger partial charge on any atom is 0.437 e. The van der Waals surface area contributed by atoms with Crippen LogP contribution in [0.1, 0.15) is 6.42 Å². The number of hydrogen-bond acceptors (Lipinski definition) is 6. The molecule has 2 aromatic heterocycles. The smallest absolute Gasteiger partial charge is 0.396 e. The molecule has 10 nitrogen and oxygen atoms in total. The van der Waals surface area contributed by atoms with Crippen molar-refractivity contribution < 1.29 is 10.0 Å². The molecule has 0 radical (unpaired) electrons. The molecule has 20 heavy (non-hydrogen) atoms. The molecule has 1 N–H and O–H groups in total. The monoisotopic (exact) mass is 283 g/mol. The zero-order valence-electron chi connectivity index (χ0n) is 10.9. The van der Waals surface area contributed by atoms with Crippen molar-refractivity contribution in [3.05, 3.63) is 31.0 Å². The zero-order valence-corrected chi connectivity index (χ0v) is 10.9. The summed E-state index contributed by atoms with van der Waals surface area (Å²) in [5, 5.41) is 19.9. The molecule has 2 heterocycles. The second-order valence-electron chi connectivity index (χ2n) is 4.28. The minimum absolute atomic E-state index is 0.0187. The Hall–Kier alpha value is -2.49. The summed E-state index contributed by atoms with van der Waals surface area (Å²) in [7, 11) is 2.68. The predicted octanol–water partition coefficient (Wildman–Crippen LogP) is -1.28. The number of nitro groups is 1. The van der Waals surface area contributed by atoms with Crippen LogP contribution in [-0.2, 0) is 20.6 Å². The van der Waals surface area contributed by atoms with Gasteiger partial charge in [0.1, 0.15) is 0 Å². The van der Waals surface area contributed by atoms with E-state index in [4.69, 9.17) is 5.11 Å². The van der Waals surface area contributed by atoms with E-state index in [-0.39, 0.29) is 30.7 Å². The van der Waals surface area contributed by atoms with E-state index < -0.39 is 22.1 Å². The van der Waals surface area contributed by atoms with Crippen molar-refractivity contribution in [2.75, 3.05) is 6.61 Å². The Morgan fingerprint density at radius 1 is 1.30 bits per heavy atom. The van der Waals surface area contributed by atoms with Crippen LogP contribution in [0.4, 0.5) is 5.95 Å². The Balaban J connectivity index is 2.93. The van der Waals surface area contributed by atoms with Crippen molar-refractivity contribution in [1.29, 1.82) is 0 Å². The van der Waals surface area contributed by atoms with Gasteiger partial charge >= 0.3 is 11.6 Å². The molecule has 0 aliphatic heterocycles. The number of aliphatic hydroxyl groups is 1. The van der Waals surface area contributed by atoms with Gasteiger partial charge in [0.15, 0.2) is 0 Å². The number of hydrogen-bond donors (Lipinski definition) is 1. The van der Waals surface area contributed by atoms with Crippen LogP contribution in [0.15, 0.2) is 9.59 Å². The average molecular weight is 283 g/mol. The molecule has 0 bridgehead atoms. The maximum absolute atomic E-state index is 12.1. The zero-order chi connectivity index (χ0) is 15.0. The van der Waals surface area contributed by atoms with Crippen molar-refractivity contribution in [2.45, 2.75) is 13.0 Å². The standard InChI is InChI=1S/C10H13N5O5/c1-12-7-6(8(17)13(2)10(12)18)14(4-3-5-16)9(11-7)15(19)20/h16H,3-5H2,1-2H3. The van der Waals surface area contributed by atoms with Crippen LogP contribution in [-0.4, -0.2) is 35.3 Å². The normalized spacial score (nSPS) is 11.2. The van der Waals surface area contributed by atoms with Crippen LogP contribution < -0.4 is 11.2 Å². The highest BCUT2D eigenvalue weighted by atomic mass is 16.6. The average Bonchev–Trinajstić information content (AvgIpc) is 2.80. The van der Waals surface area contributed by atoms with Crippen LogP contribution in [0.3, 0.4) is 0 Å². The van der Waals surface area contributed by atoms with E-state index in [1.54, 1.807) is 0 Å². The number of rotatable bonds is 4. The fraction of sp³-hybridized carbons (Fsp3) is 0.500. The van der Waals surface area contributed by atoms with Crippen LogP contribution in [0.2, 0.25) is 0 Å². The summed E-state index contributed by atoms with van der Waals surface area (Å²) >= 11 is 0. The molecule has 0 aliphatic rings. The minimum Gasteiger partial charge on any atom is -0.396 e. The molecule has 0 spiro atoms. The first kappa shape index (κ1) is 13.9. The lowest BCUT2D eigenvalue weighted by atomic mass is 10.4. The SMILES string of the molecule is Cn1c(=O)c2c(nc([N+](=O)[O-])n2CCCO)n(C)c1=O. The molecule has 10 heteroatoms. The lowest BCUT2D eigenvalue weighted by Gasteiger charge is -2.03. The topological polar surface area (TPSA) is 125 Å². The van der Waals surface area contributed by atoms with E-state index in [9.17, 15) is 19.7 Å². The highest BCUT2D eigenvalue weighted by molar-refractivity contribution is 5.72. The Morgan fingerprint density at radius 2 is 1.95 bits per heavy atom. The predicted molar refractivity (Wildman–Crippen MR) is 68.6 cm³/mol. The molecular weight excluding hydrogens is 270 g/mol. The summed E-state index contributed by atoms with van der Waals surface area (Å²) in [5.74, 6) is -0.522. The van der Waals surface area contributed by atoms with E-state index >= 15 is 0 Å². The third kappa shape index (κ3) is 1.90.